The third kappa shape index (κ3) is 5.76. The predicted octanol–water partition coefficient (Wildman–Crippen LogP) is 0.982. The Bertz CT molecular complexity index is 425. The van der Waals surface area contributed by atoms with Gasteiger partial charge in [-0.2, -0.15) is 5.26 Å². The van der Waals surface area contributed by atoms with Crippen LogP contribution in [-0.2, 0) is 9.53 Å². The second-order valence-electron chi connectivity index (χ2n) is 7.15. The van der Waals surface area contributed by atoms with Crippen molar-refractivity contribution in [3.05, 3.63) is 0 Å². The summed E-state index contributed by atoms with van der Waals surface area (Å²) in [5, 5.41) is 12.6. The largest absolute Gasteiger partial charge is 0.374 e. The third-order valence-corrected chi connectivity index (χ3v) is 4.71. The van der Waals surface area contributed by atoms with E-state index in [1.807, 2.05) is 14.1 Å². The first-order chi connectivity index (χ1) is 11.0. The highest BCUT2D eigenvalue weighted by molar-refractivity contribution is 5.79. The highest BCUT2D eigenvalue weighted by Crippen LogP contribution is 2.26. The van der Waals surface area contributed by atoms with Crippen LogP contribution in [0.1, 0.15) is 38.5 Å². The van der Waals surface area contributed by atoms with E-state index >= 15 is 0 Å². The van der Waals surface area contributed by atoms with Crippen LogP contribution in [0.2, 0.25) is 0 Å². The Morgan fingerprint density at radius 3 is 2.65 bits per heavy atom. The number of amides is 1. The van der Waals surface area contributed by atoms with Gasteiger partial charge in [-0.15, -0.1) is 0 Å². The average molecular weight is 322 g/mol. The van der Waals surface area contributed by atoms with Crippen LogP contribution in [0.4, 0.5) is 0 Å². The fourth-order valence-corrected chi connectivity index (χ4v) is 3.55. The number of nitriles is 1. The van der Waals surface area contributed by atoms with Gasteiger partial charge >= 0.3 is 0 Å². The monoisotopic (exact) mass is 322 g/mol. The number of nitrogens with one attached hydrogen (secondary N) is 1. The molecule has 0 spiro atoms. The molecule has 130 valence electrons. The molecule has 1 atom stereocenters. The fraction of sp³-hybridized carbons (Fsp3) is 0.882. The number of carbonyl (C=O) groups is 1. The number of hydrogen-bond acceptors (Lipinski definition) is 5. The standard InChI is InChI=1S/C17H30N4O2/c1-20(2)11-15-12-21(9-10-23-15)13-16(22)19-17(14-18)7-5-3-4-6-8-17/h15H,3-13H2,1-2H3,(H,19,22). The molecule has 0 aromatic heterocycles. The lowest BCUT2D eigenvalue weighted by Crippen LogP contribution is -2.53. The van der Waals surface area contributed by atoms with Gasteiger partial charge in [-0.1, -0.05) is 25.7 Å². The highest BCUT2D eigenvalue weighted by atomic mass is 16.5. The molecule has 2 aliphatic rings. The molecule has 1 saturated carbocycles. The van der Waals surface area contributed by atoms with Crippen LogP contribution in [0, 0.1) is 11.3 Å². The third-order valence-electron chi connectivity index (χ3n) is 4.71. The zero-order valence-corrected chi connectivity index (χ0v) is 14.5. The Balaban J connectivity index is 1.84. The first kappa shape index (κ1) is 18.2. The number of hydrogen-bond donors (Lipinski definition) is 1. The minimum Gasteiger partial charge on any atom is -0.374 e. The number of morpholine rings is 1. The van der Waals surface area contributed by atoms with Gasteiger partial charge in [0.05, 0.1) is 25.3 Å². The van der Waals surface area contributed by atoms with Crippen molar-refractivity contribution in [3.8, 4) is 6.07 Å². The van der Waals surface area contributed by atoms with E-state index in [0.29, 0.717) is 13.2 Å². The molecule has 1 heterocycles. The summed E-state index contributed by atoms with van der Waals surface area (Å²) in [5.74, 6) is -0.0287. The lowest BCUT2D eigenvalue weighted by atomic mass is 9.92. The summed E-state index contributed by atoms with van der Waals surface area (Å²) >= 11 is 0. The van der Waals surface area contributed by atoms with Crippen molar-refractivity contribution >= 4 is 5.91 Å². The number of rotatable bonds is 5. The van der Waals surface area contributed by atoms with Crippen LogP contribution in [0.5, 0.6) is 0 Å². The van der Waals surface area contributed by atoms with Gasteiger partial charge in [0.15, 0.2) is 0 Å². The molecule has 2 rings (SSSR count). The Morgan fingerprint density at radius 2 is 2.04 bits per heavy atom. The maximum Gasteiger partial charge on any atom is 0.235 e. The SMILES string of the molecule is CN(C)CC1CN(CC(=O)NC2(C#N)CCCCCC2)CCO1. The molecule has 1 aliphatic heterocycles. The summed E-state index contributed by atoms with van der Waals surface area (Å²) in [6.45, 7) is 3.42. The van der Waals surface area contributed by atoms with Gasteiger partial charge in [-0.25, -0.2) is 0 Å². The molecule has 1 N–H and O–H groups in total. The average Bonchev–Trinajstić information content (AvgIpc) is 2.73. The molecule has 1 aliphatic carbocycles. The molecular formula is C17H30N4O2. The minimum atomic E-state index is -0.650. The molecule has 6 nitrogen and oxygen atoms in total. The van der Waals surface area contributed by atoms with Gasteiger partial charge in [0, 0.05) is 19.6 Å². The first-order valence-corrected chi connectivity index (χ1v) is 8.74. The maximum absolute atomic E-state index is 12.4. The molecular weight excluding hydrogens is 292 g/mol. The summed E-state index contributed by atoms with van der Waals surface area (Å²) < 4.78 is 5.74. The molecule has 1 unspecified atom stereocenters. The number of ether oxygens (including phenoxy) is 1. The molecule has 1 amide bonds. The van der Waals surface area contributed by atoms with Gasteiger partial charge in [0.2, 0.25) is 5.91 Å². The van der Waals surface area contributed by atoms with E-state index in [0.717, 1.165) is 58.2 Å². The fourth-order valence-electron chi connectivity index (χ4n) is 3.55. The van der Waals surface area contributed by atoms with Crippen molar-refractivity contribution in [2.75, 3.05) is 46.9 Å². The Kier molecular flexibility index (Phi) is 6.82. The molecule has 0 aromatic rings. The Hall–Kier alpha value is -1.16. The summed E-state index contributed by atoms with van der Waals surface area (Å²) in [4.78, 5) is 16.7. The van der Waals surface area contributed by atoms with Crippen LogP contribution in [0.3, 0.4) is 0 Å². The highest BCUT2D eigenvalue weighted by Gasteiger charge is 2.33. The molecule has 23 heavy (non-hydrogen) atoms. The van der Waals surface area contributed by atoms with E-state index in [2.05, 4.69) is 21.2 Å². The molecule has 0 aromatic carbocycles. The Morgan fingerprint density at radius 1 is 1.35 bits per heavy atom. The Labute approximate surface area is 139 Å². The van der Waals surface area contributed by atoms with Gasteiger partial charge < -0.3 is 15.0 Å². The number of likely N-dealkylation sites (N-methyl/N-ethyl adjacent to an activating group) is 1. The van der Waals surface area contributed by atoms with Crippen molar-refractivity contribution in [2.24, 2.45) is 0 Å². The van der Waals surface area contributed by atoms with Crippen LogP contribution in [-0.4, -0.2) is 74.2 Å². The van der Waals surface area contributed by atoms with Crippen molar-refractivity contribution in [1.29, 1.82) is 5.26 Å². The van der Waals surface area contributed by atoms with Crippen LogP contribution < -0.4 is 5.32 Å². The van der Waals surface area contributed by atoms with Crippen molar-refractivity contribution in [1.82, 2.24) is 15.1 Å². The zero-order chi connectivity index (χ0) is 16.7. The van der Waals surface area contributed by atoms with Crippen molar-refractivity contribution in [3.63, 3.8) is 0 Å². The lowest BCUT2D eigenvalue weighted by molar-refractivity contribution is -0.126. The van der Waals surface area contributed by atoms with E-state index < -0.39 is 5.54 Å². The zero-order valence-electron chi connectivity index (χ0n) is 14.5. The maximum atomic E-state index is 12.4. The lowest BCUT2D eigenvalue weighted by Gasteiger charge is -2.34. The number of nitrogens with zero attached hydrogens (tertiary/aromatic N) is 3. The van der Waals surface area contributed by atoms with Gasteiger partial charge in [-0.05, 0) is 26.9 Å². The van der Waals surface area contributed by atoms with Crippen LogP contribution in [0.15, 0.2) is 0 Å². The van der Waals surface area contributed by atoms with E-state index in [1.54, 1.807) is 0 Å². The summed E-state index contributed by atoms with van der Waals surface area (Å²) in [7, 11) is 4.05. The van der Waals surface area contributed by atoms with Crippen LogP contribution in [0.25, 0.3) is 0 Å². The second kappa shape index (κ2) is 8.62. The summed E-state index contributed by atoms with van der Waals surface area (Å²) in [5.41, 5.74) is -0.650. The normalized spacial score (nSPS) is 25.6. The predicted molar refractivity (Wildman–Crippen MR) is 88.9 cm³/mol. The summed E-state index contributed by atoms with van der Waals surface area (Å²) in [6, 6.07) is 2.38. The molecule has 2 fully saturated rings. The van der Waals surface area contributed by atoms with Crippen molar-refractivity contribution in [2.45, 2.75) is 50.2 Å². The summed E-state index contributed by atoms with van der Waals surface area (Å²) in [6.07, 6.45) is 6.08. The van der Waals surface area contributed by atoms with Gasteiger partial charge in [0.25, 0.3) is 0 Å². The topological polar surface area (TPSA) is 68.6 Å². The van der Waals surface area contributed by atoms with E-state index in [-0.39, 0.29) is 12.0 Å². The molecule has 0 radical (unpaired) electrons. The van der Waals surface area contributed by atoms with E-state index in [4.69, 9.17) is 4.74 Å². The number of carbonyl (C=O) groups excluding carboxylic acids is 1. The van der Waals surface area contributed by atoms with Gasteiger partial charge in [-0.3, -0.25) is 9.69 Å². The molecule has 0 bridgehead atoms. The minimum absolute atomic E-state index is 0.0287. The van der Waals surface area contributed by atoms with Crippen molar-refractivity contribution < 1.29 is 9.53 Å². The quantitative estimate of drug-likeness (QED) is 0.764. The van der Waals surface area contributed by atoms with Gasteiger partial charge in [0.1, 0.15) is 5.54 Å². The van der Waals surface area contributed by atoms with E-state index in [1.165, 1.54) is 0 Å². The molecule has 1 saturated heterocycles. The van der Waals surface area contributed by atoms with Crippen LogP contribution >= 0.6 is 0 Å². The van der Waals surface area contributed by atoms with E-state index in [9.17, 15) is 10.1 Å². The second-order valence-corrected chi connectivity index (χ2v) is 7.15. The smallest absolute Gasteiger partial charge is 0.235 e. The first-order valence-electron chi connectivity index (χ1n) is 8.74. The molecule has 6 heteroatoms.